The second-order valence-corrected chi connectivity index (χ2v) is 7.29. The molecule has 3 aromatic rings. The van der Waals surface area contributed by atoms with Crippen LogP contribution in [0, 0.1) is 6.92 Å². The highest BCUT2D eigenvalue weighted by atomic mass is 32.1. The van der Waals surface area contributed by atoms with Gasteiger partial charge in [-0.25, -0.2) is 0 Å². The molecule has 0 saturated heterocycles. The highest BCUT2D eigenvalue weighted by molar-refractivity contribution is 7.80. The Labute approximate surface area is 182 Å². The van der Waals surface area contributed by atoms with Gasteiger partial charge in [-0.15, -0.1) is 0 Å². The number of aryl methyl sites for hydroxylation is 2. The quantitative estimate of drug-likeness (QED) is 0.304. The van der Waals surface area contributed by atoms with Crippen LogP contribution < -0.4 is 10.7 Å². The van der Waals surface area contributed by atoms with Crippen molar-refractivity contribution in [2.45, 2.75) is 20.0 Å². The number of hydrogen-bond donors (Lipinski definition) is 3. The smallest absolute Gasteiger partial charge is 0.416 e. The summed E-state index contributed by atoms with van der Waals surface area (Å²) in [6.45, 7) is 3.57. The van der Waals surface area contributed by atoms with Crippen LogP contribution in [0.15, 0.2) is 53.6 Å². The summed E-state index contributed by atoms with van der Waals surface area (Å²) in [6, 6.07) is 12.3. The second kappa shape index (κ2) is 8.76. The van der Waals surface area contributed by atoms with Gasteiger partial charge in [0.05, 0.1) is 11.3 Å². The Morgan fingerprint density at radius 1 is 1.16 bits per heavy atom. The van der Waals surface area contributed by atoms with Crippen LogP contribution in [0.4, 0.5) is 18.9 Å². The maximum atomic E-state index is 13.0. The van der Waals surface area contributed by atoms with E-state index < -0.39 is 11.7 Å². The predicted molar refractivity (Wildman–Crippen MR) is 118 cm³/mol. The van der Waals surface area contributed by atoms with Crippen molar-refractivity contribution >= 4 is 28.7 Å². The first-order valence-corrected chi connectivity index (χ1v) is 9.59. The number of aromatic hydroxyl groups is 1. The fourth-order valence-electron chi connectivity index (χ4n) is 2.91. The fourth-order valence-corrected chi connectivity index (χ4v) is 3.07. The summed E-state index contributed by atoms with van der Waals surface area (Å²) >= 11 is 5.20. The summed E-state index contributed by atoms with van der Waals surface area (Å²) in [7, 11) is 1.53. The number of hydrazone groups is 1. The molecule has 1 heterocycles. The van der Waals surface area contributed by atoms with Gasteiger partial charge in [0.15, 0.2) is 16.6 Å². The monoisotopic (exact) mass is 447 g/mol. The molecule has 0 radical (unpaired) electrons. The maximum Gasteiger partial charge on any atom is 0.416 e. The highest BCUT2D eigenvalue weighted by Gasteiger charge is 2.31. The van der Waals surface area contributed by atoms with Gasteiger partial charge < -0.3 is 10.4 Å². The molecule has 1 aromatic heterocycles. The molecule has 0 spiro atoms. The normalized spacial score (nSPS) is 12.0. The Hall–Kier alpha value is -3.40. The number of halogens is 3. The van der Waals surface area contributed by atoms with E-state index in [4.69, 9.17) is 12.2 Å². The van der Waals surface area contributed by atoms with Gasteiger partial charge in [0.25, 0.3) is 0 Å². The van der Waals surface area contributed by atoms with Gasteiger partial charge >= 0.3 is 6.18 Å². The Morgan fingerprint density at radius 2 is 1.84 bits per heavy atom. The number of rotatable bonds is 4. The number of hydrogen-bond acceptors (Lipinski definition) is 4. The predicted octanol–water partition coefficient (Wildman–Crippen LogP) is 4.83. The van der Waals surface area contributed by atoms with Crippen LogP contribution >= 0.6 is 12.2 Å². The molecule has 0 fully saturated rings. The zero-order chi connectivity index (χ0) is 22.8. The summed E-state index contributed by atoms with van der Waals surface area (Å²) in [4.78, 5) is 0. The average molecular weight is 447 g/mol. The van der Waals surface area contributed by atoms with Crippen LogP contribution in [0.25, 0.3) is 11.3 Å². The van der Waals surface area contributed by atoms with E-state index in [0.29, 0.717) is 5.71 Å². The SMILES string of the molecule is C/C(=N\NC(=S)Nc1ccc(C)cc1)c1nn(C)c(-c2cccc(C(F)(F)F)c2)c1O. The first kappa shape index (κ1) is 22.3. The standard InChI is InChI=1S/C21H20F3N5OS/c1-12-7-9-16(10-8-12)25-20(31)27-26-13(2)17-19(30)18(29(3)28-17)14-5-4-6-15(11-14)21(22,23)24/h4-11,30H,1-3H3,(H2,25,27,31)/b26-13+. The summed E-state index contributed by atoms with van der Waals surface area (Å²) < 4.78 is 40.4. The highest BCUT2D eigenvalue weighted by Crippen LogP contribution is 2.36. The number of benzene rings is 2. The fraction of sp³-hybridized carbons (Fsp3) is 0.190. The van der Waals surface area contributed by atoms with E-state index >= 15 is 0 Å². The van der Waals surface area contributed by atoms with Crippen molar-refractivity contribution in [2.24, 2.45) is 12.1 Å². The van der Waals surface area contributed by atoms with Crippen molar-refractivity contribution < 1.29 is 18.3 Å². The number of anilines is 1. The van der Waals surface area contributed by atoms with E-state index in [1.165, 1.54) is 23.9 Å². The third kappa shape index (κ3) is 5.21. The Morgan fingerprint density at radius 3 is 2.48 bits per heavy atom. The summed E-state index contributed by atoms with van der Waals surface area (Å²) in [5.74, 6) is -0.276. The molecule has 10 heteroatoms. The van der Waals surface area contributed by atoms with Gasteiger partial charge in [-0.05, 0) is 50.3 Å². The van der Waals surface area contributed by atoms with Crippen LogP contribution in [0.1, 0.15) is 23.7 Å². The lowest BCUT2D eigenvalue weighted by Crippen LogP contribution is -2.25. The van der Waals surface area contributed by atoms with Crippen molar-refractivity contribution in [1.82, 2.24) is 15.2 Å². The van der Waals surface area contributed by atoms with Crippen LogP contribution in [0.3, 0.4) is 0 Å². The lowest BCUT2D eigenvalue weighted by molar-refractivity contribution is -0.137. The molecule has 2 aromatic carbocycles. The zero-order valence-electron chi connectivity index (χ0n) is 16.9. The molecule has 162 valence electrons. The summed E-state index contributed by atoms with van der Waals surface area (Å²) in [5, 5.41) is 22.2. The third-order valence-corrected chi connectivity index (χ3v) is 4.66. The molecule has 31 heavy (non-hydrogen) atoms. The molecule has 0 unspecified atom stereocenters. The van der Waals surface area contributed by atoms with Gasteiger partial charge in [0.2, 0.25) is 0 Å². The van der Waals surface area contributed by atoms with Gasteiger partial charge in [0.1, 0.15) is 5.69 Å². The molecule has 0 aliphatic heterocycles. The molecule has 0 atom stereocenters. The van der Waals surface area contributed by atoms with Crippen molar-refractivity contribution in [2.75, 3.05) is 5.32 Å². The van der Waals surface area contributed by atoms with Crippen LogP contribution in [0.5, 0.6) is 5.75 Å². The van der Waals surface area contributed by atoms with E-state index in [1.807, 2.05) is 31.2 Å². The molecule has 0 aliphatic carbocycles. The van der Waals surface area contributed by atoms with Crippen molar-refractivity contribution in [3.8, 4) is 17.0 Å². The number of aromatic nitrogens is 2. The van der Waals surface area contributed by atoms with E-state index in [1.54, 1.807) is 6.92 Å². The van der Waals surface area contributed by atoms with E-state index in [-0.39, 0.29) is 27.8 Å². The molecular weight excluding hydrogens is 427 g/mol. The lowest BCUT2D eigenvalue weighted by Gasteiger charge is -2.09. The molecule has 3 rings (SSSR count). The molecule has 3 N–H and O–H groups in total. The minimum absolute atomic E-state index is 0.126. The number of nitrogens with zero attached hydrogens (tertiary/aromatic N) is 3. The van der Waals surface area contributed by atoms with Crippen LogP contribution in [-0.2, 0) is 13.2 Å². The van der Waals surface area contributed by atoms with Gasteiger partial charge in [-0.1, -0.05) is 29.8 Å². The van der Waals surface area contributed by atoms with Gasteiger partial charge in [-0.2, -0.15) is 23.4 Å². The van der Waals surface area contributed by atoms with Gasteiger partial charge in [0, 0.05) is 18.3 Å². The largest absolute Gasteiger partial charge is 0.504 e. The maximum absolute atomic E-state index is 13.0. The van der Waals surface area contributed by atoms with E-state index in [9.17, 15) is 18.3 Å². The first-order chi connectivity index (χ1) is 14.6. The lowest BCUT2D eigenvalue weighted by atomic mass is 10.1. The molecule has 6 nitrogen and oxygen atoms in total. The van der Waals surface area contributed by atoms with Crippen molar-refractivity contribution in [3.63, 3.8) is 0 Å². The first-order valence-electron chi connectivity index (χ1n) is 9.18. The topological polar surface area (TPSA) is 74.5 Å². The van der Waals surface area contributed by atoms with Gasteiger partial charge in [-0.3, -0.25) is 10.1 Å². The Balaban J connectivity index is 1.81. The van der Waals surface area contributed by atoms with Crippen LogP contribution in [-0.4, -0.2) is 25.7 Å². The molecular formula is C21H20F3N5OS. The molecule has 0 saturated carbocycles. The molecule has 0 aliphatic rings. The van der Waals surface area contributed by atoms with Crippen molar-refractivity contribution in [1.29, 1.82) is 0 Å². The van der Waals surface area contributed by atoms with E-state index in [0.717, 1.165) is 23.4 Å². The Bertz CT molecular complexity index is 1140. The molecule has 0 bridgehead atoms. The minimum atomic E-state index is -4.49. The number of nitrogens with one attached hydrogen (secondary N) is 2. The Kier molecular flexibility index (Phi) is 6.30. The second-order valence-electron chi connectivity index (χ2n) is 6.88. The minimum Gasteiger partial charge on any atom is -0.504 e. The number of thiocarbonyl (C=S) groups is 1. The van der Waals surface area contributed by atoms with Crippen LogP contribution in [0.2, 0.25) is 0 Å². The van der Waals surface area contributed by atoms with Crippen molar-refractivity contribution in [3.05, 3.63) is 65.4 Å². The average Bonchev–Trinajstić information content (AvgIpc) is 3.01. The number of alkyl halides is 3. The third-order valence-electron chi connectivity index (χ3n) is 4.46. The summed E-state index contributed by atoms with van der Waals surface area (Å²) in [6.07, 6.45) is -4.49. The zero-order valence-corrected chi connectivity index (χ0v) is 17.8. The van der Waals surface area contributed by atoms with E-state index in [2.05, 4.69) is 20.9 Å². The summed E-state index contributed by atoms with van der Waals surface area (Å²) in [5.41, 5.74) is 4.51. The molecule has 0 amide bonds.